The summed E-state index contributed by atoms with van der Waals surface area (Å²) in [6.07, 6.45) is 0.548. The summed E-state index contributed by atoms with van der Waals surface area (Å²) in [6, 6.07) is 0.644. The van der Waals surface area contributed by atoms with Gasteiger partial charge in [-0.15, -0.1) is 0 Å². The molecule has 0 aliphatic heterocycles. The fraction of sp³-hybridized carbons (Fsp3) is 0.923. The predicted octanol–water partition coefficient (Wildman–Crippen LogP) is 1.08. The largest absolute Gasteiger partial charge is 0.354 e. The minimum absolute atomic E-state index is 0.131. The number of likely N-dealkylation sites (N-methyl/N-ethyl adjacent to an activating group) is 1. The maximum Gasteiger partial charge on any atom is 0.221 e. The molecule has 2 N–H and O–H groups in total. The van der Waals surface area contributed by atoms with E-state index in [2.05, 4.69) is 50.4 Å². The Labute approximate surface area is 106 Å². The van der Waals surface area contributed by atoms with Crippen LogP contribution in [0.4, 0.5) is 0 Å². The molecule has 0 aromatic heterocycles. The van der Waals surface area contributed by atoms with Gasteiger partial charge in [0.25, 0.3) is 0 Å². The molecule has 4 heteroatoms. The molecule has 0 saturated carbocycles. The summed E-state index contributed by atoms with van der Waals surface area (Å²) in [6.45, 7) is 10.1. The van der Waals surface area contributed by atoms with Crippen LogP contribution in [-0.2, 0) is 4.79 Å². The van der Waals surface area contributed by atoms with Gasteiger partial charge in [0.2, 0.25) is 5.91 Å². The Kier molecular flexibility index (Phi) is 8.17. The fourth-order valence-electron chi connectivity index (χ4n) is 2.00. The average Bonchev–Trinajstić information content (AvgIpc) is 2.16. The van der Waals surface area contributed by atoms with E-state index in [1.165, 1.54) is 0 Å². The van der Waals surface area contributed by atoms with Gasteiger partial charge in [-0.25, -0.2) is 0 Å². The number of hydrogen-bond acceptors (Lipinski definition) is 3. The standard InChI is InChI=1S/C13H29N3O/c1-7-14-11(4)8-13(17)15-9-12(10(2)3)16(5)6/h10-12,14H,7-9H2,1-6H3,(H,15,17). The molecular formula is C13H29N3O. The summed E-state index contributed by atoms with van der Waals surface area (Å²) in [5.41, 5.74) is 0. The lowest BCUT2D eigenvalue weighted by atomic mass is 10.0. The zero-order chi connectivity index (χ0) is 13.4. The van der Waals surface area contributed by atoms with Crippen LogP contribution in [0, 0.1) is 5.92 Å². The van der Waals surface area contributed by atoms with Gasteiger partial charge in [-0.2, -0.15) is 0 Å². The third-order valence-electron chi connectivity index (χ3n) is 2.99. The lowest BCUT2D eigenvalue weighted by molar-refractivity contribution is -0.121. The number of carbonyl (C=O) groups is 1. The van der Waals surface area contributed by atoms with Gasteiger partial charge in [0.15, 0.2) is 0 Å². The molecule has 0 heterocycles. The van der Waals surface area contributed by atoms with Crippen LogP contribution in [0.2, 0.25) is 0 Å². The fourth-order valence-corrected chi connectivity index (χ4v) is 2.00. The monoisotopic (exact) mass is 243 g/mol. The molecule has 0 bridgehead atoms. The summed E-state index contributed by atoms with van der Waals surface area (Å²) in [5.74, 6) is 0.669. The number of carbonyl (C=O) groups excluding carboxylic acids is 1. The molecule has 2 atom stereocenters. The van der Waals surface area contributed by atoms with E-state index in [4.69, 9.17) is 0 Å². The molecule has 102 valence electrons. The Morgan fingerprint density at radius 3 is 2.24 bits per heavy atom. The number of nitrogens with one attached hydrogen (secondary N) is 2. The van der Waals surface area contributed by atoms with Crippen molar-refractivity contribution in [2.75, 3.05) is 27.2 Å². The quantitative estimate of drug-likeness (QED) is 0.670. The molecule has 0 spiro atoms. The summed E-state index contributed by atoms with van der Waals surface area (Å²) in [4.78, 5) is 13.9. The third-order valence-corrected chi connectivity index (χ3v) is 2.99. The molecule has 17 heavy (non-hydrogen) atoms. The second-order valence-electron chi connectivity index (χ2n) is 5.24. The zero-order valence-electron chi connectivity index (χ0n) is 12.2. The van der Waals surface area contributed by atoms with Crippen molar-refractivity contribution < 1.29 is 4.79 Å². The minimum atomic E-state index is 0.131. The molecule has 0 saturated heterocycles. The van der Waals surface area contributed by atoms with Crippen molar-refractivity contribution in [3.63, 3.8) is 0 Å². The first kappa shape index (κ1) is 16.4. The van der Waals surface area contributed by atoms with E-state index in [1.807, 2.05) is 6.92 Å². The van der Waals surface area contributed by atoms with Crippen LogP contribution < -0.4 is 10.6 Å². The third kappa shape index (κ3) is 7.34. The van der Waals surface area contributed by atoms with Gasteiger partial charge in [0, 0.05) is 25.0 Å². The first-order chi connectivity index (χ1) is 7.88. The van der Waals surface area contributed by atoms with E-state index < -0.39 is 0 Å². The second-order valence-corrected chi connectivity index (χ2v) is 5.24. The predicted molar refractivity (Wildman–Crippen MR) is 73.1 cm³/mol. The zero-order valence-corrected chi connectivity index (χ0v) is 12.2. The topological polar surface area (TPSA) is 44.4 Å². The normalized spacial score (nSPS) is 15.1. The van der Waals surface area contributed by atoms with Gasteiger partial charge in [-0.1, -0.05) is 20.8 Å². The lowest BCUT2D eigenvalue weighted by Gasteiger charge is -2.28. The highest BCUT2D eigenvalue weighted by Crippen LogP contribution is 2.06. The van der Waals surface area contributed by atoms with Crippen molar-refractivity contribution in [2.45, 2.75) is 46.2 Å². The summed E-state index contributed by atoms with van der Waals surface area (Å²) >= 11 is 0. The van der Waals surface area contributed by atoms with Crippen LogP contribution in [0.3, 0.4) is 0 Å². The van der Waals surface area contributed by atoms with Crippen LogP contribution in [0.25, 0.3) is 0 Å². The average molecular weight is 243 g/mol. The van der Waals surface area contributed by atoms with Crippen LogP contribution in [0.5, 0.6) is 0 Å². The summed E-state index contributed by atoms with van der Waals surface area (Å²) < 4.78 is 0. The van der Waals surface area contributed by atoms with E-state index in [0.29, 0.717) is 18.4 Å². The molecule has 0 aliphatic carbocycles. The van der Waals surface area contributed by atoms with E-state index in [0.717, 1.165) is 13.1 Å². The highest BCUT2D eigenvalue weighted by Gasteiger charge is 2.17. The maximum atomic E-state index is 11.7. The lowest BCUT2D eigenvalue weighted by Crippen LogP contribution is -2.44. The van der Waals surface area contributed by atoms with Crippen LogP contribution in [-0.4, -0.2) is 50.1 Å². The number of amides is 1. The molecule has 4 nitrogen and oxygen atoms in total. The molecule has 0 radical (unpaired) electrons. The van der Waals surface area contributed by atoms with Crippen molar-refractivity contribution in [3.8, 4) is 0 Å². The molecule has 0 fully saturated rings. The van der Waals surface area contributed by atoms with Gasteiger partial charge in [-0.05, 0) is 33.5 Å². The van der Waals surface area contributed by atoms with Gasteiger partial charge < -0.3 is 15.5 Å². The Morgan fingerprint density at radius 1 is 1.24 bits per heavy atom. The summed E-state index contributed by atoms with van der Waals surface area (Å²) in [7, 11) is 4.11. The van der Waals surface area contributed by atoms with Crippen LogP contribution >= 0.6 is 0 Å². The van der Waals surface area contributed by atoms with Gasteiger partial charge in [0.1, 0.15) is 0 Å². The highest BCUT2D eigenvalue weighted by molar-refractivity contribution is 5.76. The molecule has 0 aliphatic rings. The Bertz CT molecular complexity index is 209. The number of rotatable bonds is 8. The molecule has 2 unspecified atom stereocenters. The Hall–Kier alpha value is -0.610. The van der Waals surface area contributed by atoms with E-state index in [-0.39, 0.29) is 11.9 Å². The smallest absolute Gasteiger partial charge is 0.221 e. The van der Waals surface area contributed by atoms with E-state index >= 15 is 0 Å². The van der Waals surface area contributed by atoms with Gasteiger partial charge >= 0.3 is 0 Å². The Morgan fingerprint density at radius 2 is 1.82 bits per heavy atom. The minimum Gasteiger partial charge on any atom is -0.354 e. The molecule has 0 aromatic carbocycles. The number of nitrogens with zero attached hydrogens (tertiary/aromatic N) is 1. The van der Waals surface area contributed by atoms with Crippen LogP contribution in [0.1, 0.15) is 34.1 Å². The van der Waals surface area contributed by atoms with Crippen molar-refractivity contribution in [2.24, 2.45) is 5.92 Å². The second kappa shape index (κ2) is 8.48. The highest BCUT2D eigenvalue weighted by atomic mass is 16.1. The Balaban J connectivity index is 3.96. The van der Waals surface area contributed by atoms with Gasteiger partial charge in [0.05, 0.1) is 0 Å². The van der Waals surface area contributed by atoms with Crippen molar-refractivity contribution in [3.05, 3.63) is 0 Å². The molecule has 1 amide bonds. The van der Waals surface area contributed by atoms with Crippen LogP contribution in [0.15, 0.2) is 0 Å². The van der Waals surface area contributed by atoms with Crippen molar-refractivity contribution >= 4 is 5.91 Å². The molecule has 0 rings (SSSR count). The van der Waals surface area contributed by atoms with Crippen molar-refractivity contribution in [1.29, 1.82) is 0 Å². The maximum absolute atomic E-state index is 11.7. The molecule has 0 aromatic rings. The summed E-state index contributed by atoms with van der Waals surface area (Å²) in [5, 5.41) is 6.25. The first-order valence-corrected chi connectivity index (χ1v) is 6.55. The van der Waals surface area contributed by atoms with E-state index in [1.54, 1.807) is 0 Å². The first-order valence-electron chi connectivity index (χ1n) is 6.55. The van der Waals surface area contributed by atoms with E-state index in [9.17, 15) is 4.79 Å². The van der Waals surface area contributed by atoms with Gasteiger partial charge in [-0.3, -0.25) is 4.79 Å². The SMILES string of the molecule is CCNC(C)CC(=O)NCC(C(C)C)N(C)C. The molecular weight excluding hydrogens is 214 g/mol. The number of hydrogen-bond donors (Lipinski definition) is 2. The van der Waals surface area contributed by atoms with Crippen molar-refractivity contribution in [1.82, 2.24) is 15.5 Å².